The van der Waals surface area contributed by atoms with Crippen LogP contribution in [0.25, 0.3) is 0 Å². The number of hydrogen-bond acceptors (Lipinski definition) is 2. The summed E-state index contributed by atoms with van der Waals surface area (Å²) >= 11 is 0. The molecule has 2 N–H and O–H groups in total. The molecular formula is C40H64O2. The summed E-state index contributed by atoms with van der Waals surface area (Å²) < 4.78 is 0. The van der Waals surface area contributed by atoms with Crippen molar-refractivity contribution in [2.24, 2.45) is 57.2 Å². The average molecular weight is 577 g/mol. The van der Waals surface area contributed by atoms with Crippen LogP contribution in [0.2, 0.25) is 0 Å². The van der Waals surface area contributed by atoms with Crippen molar-refractivity contribution in [1.82, 2.24) is 0 Å². The molecule has 0 aliphatic heterocycles. The van der Waals surface area contributed by atoms with Gasteiger partial charge in [0.25, 0.3) is 0 Å². The van der Waals surface area contributed by atoms with Gasteiger partial charge in [-0.05, 0) is 148 Å². The molecule has 236 valence electrons. The first-order valence-corrected chi connectivity index (χ1v) is 17.7. The van der Waals surface area contributed by atoms with Crippen LogP contribution < -0.4 is 0 Å². The minimum atomic E-state index is 0.0558. The van der Waals surface area contributed by atoms with E-state index >= 15 is 0 Å². The summed E-state index contributed by atoms with van der Waals surface area (Å²) in [6.07, 6.45) is 21.9. The molecule has 2 heteroatoms. The standard InChI is InChI=1S/C40H64O2/c1-27-12-9-13-31(32(27)24-34-30(4)16-19-36-38(6,26-42)21-11-23-40(34,36)8)28(2)14-17-33-29(3)15-18-35-37(5,25-41)20-10-22-39(33,35)7/h12,14,31-36,41-42H,3-4,9-11,13,15-26H2,1-2,5-8H3. The Morgan fingerprint density at radius 1 is 0.833 bits per heavy atom. The van der Waals surface area contributed by atoms with Crippen LogP contribution in [-0.2, 0) is 0 Å². The SMILES string of the molecule is C=C1CCC2C(C)(CO)CCCC2(C)C1CC=C(C)C1CCC=C(C)C1CC1C(=C)CCC2C(C)(CO)CCCC12C. The van der Waals surface area contributed by atoms with Gasteiger partial charge in [-0.1, -0.05) is 88.1 Å². The van der Waals surface area contributed by atoms with Gasteiger partial charge in [0.05, 0.1) is 0 Å². The summed E-state index contributed by atoms with van der Waals surface area (Å²) in [7, 11) is 0. The maximum Gasteiger partial charge on any atom is 0.0487 e. The van der Waals surface area contributed by atoms with Gasteiger partial charge in [0.15, 0.2) is 0 Å². The number of fused-ring (bicyclic) bond motifs is 2. The summed E-state index contributed by atoms with van der Waals surface area (Å²) in [5.41, 5.74) is 6.73. The average Bonchev–Trinajstić information content (AvgIpc) is 2.94. The first kappa shape index (κ1) is 32.3. The highest BCUT2D eigenvalue weighted by Gasteiger charge is 2.56. The third-order valence-corrected chi connectivity index (χ3v) is 14.8. The molecule has 10 atom stereocenters. The molecule has 5 aliphatic rings. The summed E-state index contributed by atoms with van der Waals surface area (Å²) in [5.74, 6) is 3.43. The Kier molecular flexibility index (Phi) is 9.22. The molecule has 0 heterocycles. The molecule has 4 fully saturated rings. The Hall–Kier alpha value is -1.12. The minimum Gasteiger partial charge on any atom is -0.396 e. The van der Waals surface area contributed by atoms with Crippen molar-refractivity contribution in [3.8, 4) is 0 Å². The number of rotatable bonds is 7. The third kappa shape index (κ3) is 5.37. The second kappa shape index (κ2) is 12.0. The van der Waals surface area contributed by atoms with E-state index in [1.807, 2.05) is 0 Å². The number of aliphatic hydroxyl groups excluding tert-OH is 2. The largest absolute Gasteiger partial charge is 0.396 e. The van der Waals surface area contributed by atoms with Crippen LogP contribution in [0.1, 0.15) is 131 Å². The van der Waals surface area contributed by atoms with Gasteiger partial charge in [0, 0.05) is 13.2 Å². The van der Waals surface area contributed by atoms with Crippen molar-refractivity contribution in [3.05, 3.63) is 47.6 Å². The minimum absolute atomic E-state index is 0.0558. The van der Waals surface area contributed by atoms with E-state index in [4.69, 9.17) is 6.58 Å². The van der Waals surface area contributed by atoms with E-state index in [9.17, 15) is 10.2 Å². The van der Waals surface area contributed by atoms with E-state index in [1.165, 1.54) is 75.4 Å². The predicted molar refractivity (Wildman–Crippen MR) is 178 cm³/mol. The van der Waals surface area contributed by atoms with E-state index in [1.54, 1.807) is 11.1 Å². The van der Waals surface area contributed by atoms with E-state index < -0.39 is 0 Å². The zero-order valence-electron chi connectivity index (χ0n) is 28.2. The second-order valence-corrected chi connectivity index (χ2v) is 17.1. The Morgan fingerprint density at radius 3 is 1.90 bits per heavy atom. The fraction of sp³-hybridized carbons (Fsp3) is 0.800. The number of hydrogen-bond donors (Lipinski definition) is 2. The molecule has 0 saturated heterocycles. The van der Waals surface area contributed by atoms with E-state index in [0.717, 1.165) is 25.7 Å². The molecule has 2 nitrogen and oxygen atoms in total. The van der Waals surface area contributed by atoms with Gasteiger partial charge < -0.3 is 10.2 Å². The summed E-state index contributed by atoms with van der Waals surface area (Å²) in [4.78, 5) is 0. The molecule has 0 aromatic rings. The molecule has 0 radical (unpaired) electrons. The Morgan fingerprint density at radius 2 is 1.36 bits per heavy atom. The van der Waals surface area contributed by atoms with Crippen molar-refractivity contribution in [3.63, 3.8) is 0 Å². The molecule has 0 spiro atoms. The van der Waals surface area contributed by atoms with Gasteiger partial charge >= 0.3 is 0 Å². The van der Waals surface area contributed by atoms with Gasteiger partial charge in [-0.2, -0.15) is 0 Å². The molecule has 10 unspecified atom stereocenters. The van der Waals surface area contributed by atoms with Crippen molar-refractivity contribution in [2.45, 2.75) is 131 Å². The molecule has 5 aliphatic carbocycles. The fourth-order valence-electron chi connectivity index (χ4n) is 12.2. The lowest BCUT2D eigenvalue weighted by Crippen LogP contribution is -2.52. The molecule has 0 bridgehead atoms. The Balaban J connectivity index is 1.38. The zero-order chi connectivity index (χ0) is 30.5. The Labute approximate surface area is 259 Å². The maximum absolute atomic E-state index is 10.5. The highest BCUT2D eigenvalue weighted by molar-refractivity contribution is 5.24. The lowest BCUT2D eigenvalue weighted by atomic mass is 9.46. The van der Waals surface area contributed by atoms with Gasteiger partial charge in [-0.3, -0.25) is 0 Å². The maximum atomic E-state index is 10.5. The van der Waals surface area contributed by atoms with E-state index in [0.29, 0.717) is 48.7 Å². The first-order valence-electron chi connectivity index (χ1n) is 17.7. The third-order valence-electron chi connectivity index (χ3n) is 14.8. The smallest absolute Gasteiger partial charge is 0.0487 e. The lowest BCUT2D eigenvalue weighted by Gasteiger charge is -2.59. The van der Waals surface area contributed by atoms with Crippen molar-refractivity contribution in [1.29, 1.82) is 0 Å². The number of aliphatic hydroxyl groups is 2. The summed E-state index contributed by atoms with van der Waals surface area (Å²) in [5, 5.41) is 20.9. The molecule has 0 aromatic carbocycles. The monoisotopic (exact) mass is 576 g/mol. The van der Waals surface area contributed by atoms with Gasteiger partial charge in [-0.25, -0.2) is 0 Å². The molecule has 0 aromatic heterocycles. The lowest BCUT2D eigenvalue weighted by molar-refractivity contribution is -0.0889. The molecule has 0 amide bonds. The van der Waals surface area contributed by atoms with Crippen LogP contribution in [0.4, 0.5) is 0 Å². The van der Waals surface area contributed by atoms with E-state index in [2.05, 4.69) is 60.3 Å². The van der Waals surface area contributed by atoms with Crippen LogP contribution in [-0.4, -0.2) is 23.4 Å². The topological polar surface area (TPSA) is 40.5 Å². The van der Waals surface area contributed by atoms with Crippen LogP contribution in [0.5, 0.6) is 0 Å². The van der Waals surface area contributed by atoms with Crippen molar-refractivity contribution in [2.75, 3.05) is 13.2 Å². The van der Waals surface area contributed by atoms with Gasteiger partial charge in [-0.15, -0.1) is 0 Å². The quantitative estimate of drug-likeness (QED) is 0.296. The highest BCUT2D eigenvalue weighted by atomic mass is 16.3. The van der Waals surface area contributed by atoms with Crippen LogP contribution in [0.15, 0.2) is 47.6 Å². The molecule has 5 rings (SSSR count). The predicted octanol–water partition coefficient (Wildman–Crippen LogP) is 10.2. The van der Waals surface area contributed by atoms with E-state index in [-0.39, 0.29) is 21.7 Å². The van der Waals surface area contributed by atoms with Gasteiger partial charge in [0.2, 0.25) is 0 Å². The van der Waals surface area contributed by atoms with Crippen molar-refractivity contribution >= 4 is 0 Å². The van der Waals surface area contributed by atoms with Crippen LogP contribution >= 0.6 is 0 Å². The fourth-order valence-corrected chi connectivity index (χ4v) is 12.2. The van der Waals surface area contributed by atoms with Crippen LogP contribution in [0.3, 0.4) is 0 Å². The second-order valence-electron chi connectivity index (χ2n) is 17.1. The summed E-state index contributed by atoms with van der Waals surface area (Å²) in [6.45, 7) is 24.7. The molecular weight excluding hydrogens is 512 g/mol. The van der Waals surface area contributed by atoms with Crippen LogP contribution in [0, 0.1) is 57.2 Å². The van der Waals surface area contributed by atoms with Crippen molar-refractivity contribution < 1.29 is 10.2 Å². The zero-order valence-corrected chi connectivity index (χ0v) is 28.2. The summed E-state index contributed by atoms with van der Waals surface area (Å²) in [6, 6.07) is 0. The normalized spacial score (nSPS) is 46.6. The molecule has 4 saturated carbocycles. The Bertz CT molecular complexity index is 1100. The first-order chi connectivity index (χ1) is 19.8. The van der Waals surface area contributed by atoms with Gasteiger partial charge in [0.1, 0.15) is 0 Å². The number of allylic oxidation sites excluding steroid dienone is 6. The molecule has 42 heavy (non-hydrogen) atoms. The highest BCUT2D eigenvalue weighted by Crippen LogP contribution is 2.64.